The van der Waals surface area contributed by atoms with E-state index < -0.39 is 6.04 Å². The Bertz CT molecular complexity index is 1020. The van der Waals surface area contributed by atoms with Crippen molar-refractivity contribution in [1.29, 1.82) is 0 Å². The zero-order valence-corrected chi connectivity index (χ0v) is 19.3. The maximum atomic E-state index is 13.3. The Kier molecular flexibility index (Phi) is 6.91. The fourth-order valence-corrected chi connectivity index (χ4v) is 4.88. The standard InChI is InChI=1S/C26H31N3O4/c1-18-4-3-5-19(2)24(18)20-6-8-21(9-7-20)25(32)29-17-22(31)16-23(29)26(33)28-12-10-27(11-13-28)14-15-30/h3-9,23,30H,10-17H2,1-2H3/t23-/m0/s1. The minimum Gasteiger partial charge on any atom is -0.395 e. The van der Waals surface area contributed by atoms with E-state index in [1.807, 2.05) is 18.2 Å². The van der Waals surface area contributed by atoms with Crippen molar-refractivity contribution in [3.05, 3.63) is 59.2 Å². The number of hydrogen-bond acceptors (Lipinski definition) is 5. The summed E-state index contributed by atoms with van der Waals surface area (Å²) in [6.07, 6.45) is 0.0713. The Labute approximate surface area is 194 Å². The fourth-order valence-electron chi connectivity index (χ4n) is 4.88. The summed E-state index contributed by atoms with van der Waals surface area (Å²) in [5.41, 5.74) is 5.01. The number of piperazine rings is 1. The Hall–Kier alpha value is -3.03. The molecule has 7 heteroatoms. The van der Waals surface area contributed by atoms with Crippen LogP contribution in [0.4, 0.5) is 0 Å². The number of aliphatic hydroxyl groups excluding tert-OH is 1. The van der Waals surface area contributed by atoms with Gasteiger partial charge in [-0.15, -0.1) is 0 Å². The third kappa shape index (κ3) is 4.84. The van der Waals surface area contributed by atoms with Crippen molar-refractivity contribution in [1.82, 2.24) is 14.7 Å². The van der Waals surface area contributed by atoms with Gasteiger partial charge in [0.1, 0.15) is 6.04 Å². The summed E-state index contributed by atoms with van der Waals surface area (Å²) in [5.74, 6) is -0.538. The Morgan fingerprint density at radius 1 is 0.970 bits per heavy atom. The number of likely N-dealkylation sites (tertiary alicyclic amines) is 1. The second-order valence-corrected chi connectivity index (χ2v) is 8.93. The first-order valence-electron chi connectivity index (χ1n) is 11.5. The number of nitrogens with zero attached hydrogens (tertiary/aromatic N) is 3. The minimum atomic E-state index is -0.743. The van der Waals surface area contributed by atoms with Crippen molar-refractivity contribution < 1.29 is 19.5 Å². The Morgan fingerprint density at radius 3 is 2.21 bits per heavy atom. The summed E-state index contributed by atoms with van der Waals surface area (Å²) in [5, 5.41) is 9.10. The number of rotatable bonds is 5. The van der Waals surface area contributed by atoms with Gasteiger partial charge in [-0.3, -0.25) is 19.3 Å². The summed E-state index contributed by atoms with van der Waals surface area (Å²) in [7, 11) is 0. The summed E-state index contributed by atoms with van der Waals surface area (Å²) in [6.45, 7) is 7.22. The number of β-amino-alcohol motifs (C(OH)–C–C–N with tert-alkyl or cyclic N) is 1. The molecule has 2 aliphatic rings. The van der Waals surface area contributed by atoms with Crippen molar-refractivity contribution in [2.45, 2.75) is 26.3 Å². The normalized spacial score (nSPS) is 19.2. The van der Waals surface area contributed by atoms with Gasteiger partial charge in [0.15, 0.2) is 5.78 Å². The largest absolute Gasteiger partial charge is 0.395 e. The molecule has 0 unspecified atom stereocenters. The SMILES string of the molecule is Cc1cccc(C)c1-c1ccc(C(=O)N2CC(=O)C[C@H]2C(=O)N2CCN(CCO)CC2)cc1. The molecule has 1 N–H and O–H groups in total. The quantitative estimate of drug-likeness (QED) is 0.754. The van der Waals surface area contributed by atoms with Gasteiger partial charge >= 0.3 is 0 Å². The number of aryl methyl sites for hydroxylation is 2. The van der Waals surface area contributed by atoms with E-state index in [1.54, 1.807) is 17.0 Å². The van der Waals surface area contributed by atoms with Crippen LogP contribution in [0.1, 0.15) is 27.9 Å². The zero-order chi connectivity index (χ0) is 23.5. The molecular formula is C26H31N3O4. The van der Waals surface area contributed by atoms with Gasteiger partial charge < -0.3 is 14.9 Å². The van der Waals surface area contributed by atoms with Crippen molar-refractivity contribution in [3.8, 4) is 11.1 Å². The molecule has 0 bridgehead atoms. The highest BCUT2D eigenvalue weighted by molar-refractivity contribution is 6.04. The van der Waals surface area contributed by atoms with Crippen LogP contribution in [-0.4, -0.2) is 89.3 Å². The first-order valence-corrected chi connectivity index (χ1v) is 11.5. The van der Waals surface area contributed by atoms with Gasteiger partial charge in [-0.25, -0.2) is 0 Å². The highest BCUT2D eigenvalue weighted by Gasteiger charge is 2.41. The molecule has 4 rings (SSSR count). The molecular weight excluding hydrogens is 418 g/mol. The summed E-state index contributed by atoms with van der Waals surface area (Å²) in [4.78, 5) is 44.0. The number of Topliss-reactive ketones (excluding diaryl/α,β-unsaturated/α-hetero) is 1. The monoisotopic (exact) mass is 449 g/mol. The smallest absolute Gasteiger partial charge is 0.254 e. The minimum absolute atomic E-state index is 0.0294. The number of carbonyl (C=O) groups excluding carboxylic acids is 3. The second-order valence-electron chi connectivity index (χ2n) is 8.93. The third-order valence-electron chi connectivity index (χ3n) is 6.69. The average molecular weight is 450 g/mol. The summed E-state index contributed by atoms with van der Waals surface area (Å²) >= 11 is 0. The number of ketones is 1. The van der Waals surface area contributed by atoms with Crippen LogP contribution in [0, 0.1) is 13.8 Å². The van der Waals surface area contributed by atoms with Gasteiger partial charge in [0.05, 0.1) is 13.2 Å². The first kappa shape index (κ1) is 23.1. The molecule has 2 fully saturated rings. The maximum Gasteiger partial charge on any atom is 0.254 e. The van der Waals surface area contributed by atoms with Gasteiger partial charge in [-0.1, -0.05) is 30.3 Å². The predicted molar refractivity (Wildman–Crippen MR) is 126 cm³/mol. The molecule has 0 saturated carbocycles. The van der Waals surface area contributed by atoms with Gasteiger partial charge in [-0.05, 0) is 48.2 Å². The predicted octanol–water partition coefficient (Wildman–Crippen LogP) is 1.89. The lowest BCUT2D eigenvalue weighted by atomic mass is 9.95. The molecule has 2 heterocycles. The lowest BCUT2D eigenvalue weighted by Crippen LogP contribution is -2.54. The van der Waals surface area contributed by atoms with Crippen LogP contribution >= 0.6 is 0 Å². The number of hydrogen-bond donors (Lipinski definition) is 1. The molecule has 2 aromatic rings. The molecule has 7 nitrogen and oxygen atoms in total. The lowest BCUT2D eigenvalue weighted by molar-refractivity contribution is -0.137. The van der Waals surface area contributed by atoms with Gasteiger partial charge in [-0.2, -0.15) is 0 Å². The molecule has 174 valence electrons. The molecule has 33 heavy (non-hydrogen) atoms. The van der Waals surface area contributed by atoms with Crippen LogP contribution in [0.3, 0.4) is 0 Å². The van der Waals surface area contributed by atoms with Crippen molar-refractivity contribution in [2.75, 3.05) is 45.9 Å². The lowest BCUT2D eigenvalue weighted by Gasteiger charge is -2.36. The molecule has 2 aromatic carbocycles. The van der Waals surface area contributed by atoms with E-state index in [4.69, 9.17) is 5.11 Å². The van der Waals surface area contributed by atoms with Crippen molar-refractivity contribution in [3.63, 3.8) is 0 Å². The van der Waals surface area contributed by atoms with E-state index in [9.17, 15) is 14.4 Å². The molecule has 1 atom stereocenters. The zero-order valence-electron chi connectivity index (χ0n) is 19.3. The van der Waals surface area contributed by atoms with Gasteiger partial charge in [0, 0.05) is 44.7 Å². The number of benzene rings is 2. The molecule has 0 spiro atoms. The van der Waals surface area contributed by atoms with E-state index in [-0.39, 0.29) is 37.2 Å². The highest BCUT2D eigenvalue weighted by atomic mass is 16.3. The fraction of sp³-hybridized carbons (Fsp3) is 0.423. The number of amides is 2. The van der Waals surface area contributed by atoms with Crippen LogP contribution in [0.5, 0.6) is 0 Å². The second kappa shape index (κ2) is 9.85. The van der Waals surface area contributed by atoms with Crippen LogP contribution in [0.2, 0.25) is 0 Å². The third-order valence-corrected chi connectivity index (χ3v) is 6.69. The van der Waals surface area contributed by atoms with Crippen molar-refractivity contribution in [2.24, 2.45) is 0 Å². The van der Waals surface area contributed by atoms with E-state index in [1.165, 1.54) is 16.0 Å². The number of carbonyl (C=O) groups is 3. The van der Waals surface area contributed by atoms with Crippen LogP contribution < -0.4 is 0 Å². The van der Waals surface area contributed by atoms with Crippen LogP contribution in [0.25, 0.3) is 11.1 Å². The molecule has 2 saturated heterocycles. The number of aliphatic hydroxyl groups is 1. The van der Waals surface area contributed by atoms with Crippen molar-refractivity contribution >= 4 is 17.6 Å². The maximum absolute atomic E-state index is 13.3. The van der Waals surface area contributed by atoms with Crippen LogP contribution in [0.15, 0.2) is 42.5 Å². The van der Waals surface area contributed by atoms with E-state index >= 15 is 0 Å². The van der Waals surface area contributed by atoms with Crippen LogP contribution in [-0.2, 0) is 9.59 Å². The summed E-state index contributed by atoms with van der Waals surface area (Å²) < 4.78 is 0. The molecule has 2 amide bonds. The first-order chi connectivity index (χ1) is 15.9. The Morgan fingerprint density at radius 2 is 1.61 bits per heavy atom. The Balaban J connectivity index is 1.49. The molecule has 0 aliphatic carbocycles. The topological polar surface area (TPSA) is 81.2 Å². The van der Waals surface area contributed by atoms with E-state index in [2.05, 4.69) is 30.9 Å². The van der Waals surface area contributed by atoms with Gasteiger partial charge in [0.2, 0.25) is 5.91 Å². The molecule has 0 radical (unpaired) electrons. The molecule has 2 aliphatic heterocycles. The van der Waals surface area contributed by atoms with Gasteiger partial charge in [0.25, 0.3) is 5.91 Å². The van der Waals surface area contributed by atoms with E-state index in [0.29, 0.717) is 38.3 Å². The van der Waals surface area contributed by atoms with E-state index in [0.717, 1.165) is 11.1 Å². The highest BCUT2D eigenvalue weighted by Crippen LogP contribution is 2.28. The summed E-state index contributed by atoms with van der Waals surface area (Å²) in [6, 6.07) is 12.8. The average Bonchev–Trinajstić information content (AvgIpc) is 3.21. The molecule has 0 aromatic heterocycles.